The van der Waals surface area contributed by atoms with Gasteiger partial charge in [-0.25, -0.2) is 0 Å². The number of hydrogen-bond donors (Lipinski definition) is 1. The van der Waals surface area contributed by atoms with Gasteiger partial charge in [-0.05, 0) is 23.0 Å². The Labute approximate surface area is 129 Å². The van der Waals surface area contributed by atoms with E-state index < -0.39 is 0 Å². The van der Waals surface area contributed by atoms with E-state index in [-0.39, 0.29) is 0 Å². The van der Waals surface area contributed by atoms with Crippen molar-refractivity contribution < 1.29 is 14.4 Å². The topological polar surface area (TPSA) is 22.9 Å². The Bertz CT molecular complexity index is 411. The molecule has 0 amide bonds. The third-order valence-electron chi connectivity index (χ3n) is 4.22. The summed E-state index contributed by atoms with van der Waals surface area (Å²) in [6, 6.07) is 6.56. The molecular weight excluding hydrogens is 262 g/mol. The molecule has 0 atom stereocenters. The van der Waals surface area contributed by atoms with E-state index in [1.807, 2.05) is 0 Å². The fourth-order valence-corrected chi connectivity index (χ4v) is 2.86. The Morgan fingerprint density at radius 3 is 2.14 bits per heavy atom. The highest BCUT2D eigenvalue weighted by molar-refractivity contribution is 5.44. The predicted molar refractivity (Wildman–Crippen MR) is 86.5 cm³/mol. The lowest BCUT2D eigenvalue weighted by Crippen LogP contribution is -3.14. The minimum absolute atomic E-state index is 0.495. The number of rotatable bonds is 6. The first-order chi connectivity index (χ1) is 10.1. The predicted octanol–water partition coefficient (Wildman–Crippen LogP) is 2.23. The second kappa shape index (κ2) is 7.81. The van der Waals surface area contributed by atoms with Crippen LogP contribution in [0.3, 0.4) is 0 Å². The lowest BCUT2D eigenvalue weighted by molar-refractivity contribution is -0.908. The molecule has 0 aromatic heterocycles. The summed E-state index contributed by atoms with van der Waals surface area (Å²) >= 11 is 0. The molecule has 1 fully saturated rings. The van der Waals surface area contributed by atoms with Crippen LogP contribution in [-0.2, 0) is 4.74 Å². The van der Waals surface area contributed by atoms with Gasteiger partial charge in [0.05, 0.1) is 13.2 Å². The molecule has 1 aromatic carbocycles. The van der Waals surface area contributed by atoms with E-state index in [4.69, 9.17) is 9.47 Å². The lowest BCUT2D eigenvalue weighted by Gasteiger charge is -2.25. The van der Waals surface area contributed by atoms with Crippen molar-refractivity contribution in [2.75, 3.05) is 39.5 Å². The zero-order valence-corrected chi connectivity index (χ0v) is 13.9. The quantitative estimate of drug-likeness (QED) is 0.869. The molecule has 1 saturated heterocycles. The van der Waals surface area contributed by atoms with E-state index in [9.17, 15) is 0 Å². The normalized spacial score (nSPS) is 16.7. The molecule has 1 aliphatic heterocycles. The fraction of sp³-hybridized carbons (Fsp3) is 0.667. The zero-order valence-electron chi connectivity index (χ0n) is 13.9. The number of quaternary nitrogens is 1. The van der Waals surface area contributed by atoms with Crippen LogP contribution >= 0.6 is 0 Å². The summed E-state index contributed by atoms with van der Waals surface area (Å²) in [5.41, 5.74) is 2.66. The molecule has 2 rings (SSSR count). The van der Waals surface area contributed by atoms with E-state index in [1.54, 1.807) is 4.90 Å². The summed E-state index contributed by atoms with van der Waals surface area (Å²) in [4.78, 5) is 1.59. The highest BCUT2D eigenvalue weighted by Gasteiger charge is 2.17. The number of benzene rings is 1. The fourth-order valence-electron chi connectivity index (χ4n) is 2.86. The molecule has 118 valence electrons. The molecule has 3 nitrogen and oxygen atoms in total. The lowest BCUT2D eigenvalue weighted by atomic mass is 9.94. The van der Waals surface area contributed by atoms with Gasteiger partial charge in [0.2, 0.25) is 0 Å². The molecule has 0 bridgehead atoms. The van der Waals surface area contributed by atoms with Gasteiger partial charge in [0.15, 0.2) is 0 Å². The number of morpholine rings is 1. The largest absolute Gasteiger partial charge is 0.487 e. The van der Waals surface area contributed by atoms with Gasteiger partial charge in [-0.15, -0.1) is 0 Å². The highest BCUT2D eigenvalue weighted by Crippen LogP contribution is 2.34. The van der Waals surface area contributed by atoms with E-state index in [1.165, 1.54) is 11.1 Å². The Kier molecular flexibility index (Phi) is 6.07. The molecular formula is C18H30NO2+. The number of ether oxygens (including phenoxy) is 2. The van der Waals surface area contributed by atoms with Crippen molar-refractivity contribution in [3.63, 3.8) is 0 Å². The highest BCUT2D eigenvalue weighted by atomic mass is 16.5. The first-order valence-electron chi connectivity index (χ1n) is 8.26. The average Bonchev–Trinajstić information content (AvgIpc) is 2.48. The van der Waals surface area contributed by atoms with Gasteiger partial charge in [0, 0.05) is 0 Å². The van der Waals surface area contributed by atoms with Crippen LogP contribution in [0, 0.1) is 0 Å². The maximum atomic E-state index is 6.23. The van der Waals surface area contributed by atoms with E-state index in [0.717, 1.165) is 45.2 Å². The minimum atomic E-state index is 0.495. The summed E-state index contributed by atoms with van der Waals surface area (Å²) in [6.07, 6.45) is 0. The van der Waals surface area contributed by atoms with Gasteiger partial charge in [-0.3, -0.25) is 0 Å². The molecule has 0 unspecified atom stereocenters. The van der Waals surface area contributed by atoms with Crippen molar-refractivity contribution in [2.24, 2.45) is 0 Å². The Morgan fingerprint density at radius 2 is 1.62 bits per heavy atom. The van der Waals surface area contributed by atoms with Crippen LogP contribution in [0.1, 0.15) is 50.7 Å². The van der Waals surface area contributed by atoms with Crippen molar-refractivity contribution in [2.45, 2.75) is 39.5 Å². The summed E-state index contributed by atoms with van der Waals surface area (Å²) < 4.78 is 11.6. The van der Waals surface area contributed by atoms with Crippen molar-refractivity contribution in [3.8, 4) is 5.75 Å². The molecule has 0 spiro atoms. The van der Waals surface area contributed by atoms with Crippen LogP contribution in [0.15, 0.2) is 18.2 Å². The first kappa shape index (κ1) is 16.3. The van der Waals surface area contributed by atoms with Crippen LogP contribution in [0.5, 0.6) is 5.75 Å². The SMILES string of the molecule is CC(C)c1cccc(C(C)C)c1OCC[NH+]1CCOCC1. The molecule has 1 heterocycles. The van der Waals surface area contributed by atoms with E-state index in [2.05, 4.69) is 45.9 Å². The second-order valence-electron chi connectivity index (χ2n) is 6.54. The average molecular weight is 292 g/mol. The first-order valence-corrected chi connectivity index (χ1v) is 8.26. The third kappa shape index (κ3) is 4.45. The zero-order chi connectivity index (χ0) is 15.2. The maximum Gasteiger partial charge on any atom is 0.137 e. The standard InChI is InChI=1S/C18H29NO2/c1-14(2)16-6-5-7-17(15(3)4)18(16)21-13-10-19-8-11-20-12-9-19/h5-7,14-15H,8-13H2,1-4H3/p+1. The molecule has 3 heteroatoms. The molecule has 0 radical (unpaired) electrons. The Morgan fingerprint density at radius 1 is 1.05 bits per heavy atom. The van der Waals surface area contributed by atoms with E-state index >= 15 is 0 Å². The monoisotopic (exact) mass is 292 g/mol. The van der Waals surface area contributed by atoms with Gasteiger partial charge in [0.25, 0.3) is 0 Å². The Hall–Kier alpha value is -1.06. The van der Waals surface area contributed by atoms with E-state index in [0.29, 0.717) is 11.8 Å². The molecule has 0 aliphatic carbocycles. The molecule has 1 aliphatic rings. The number of hydrogen-bond acceptors (Lipinski definition) is 2. The summed E-state index contributed by atoms with van der Waals surface area (Å²) in [5.74, 6) is 2.11. The van der Waals surface area contributed by atoms with Crippen molar-refractivity contribution >= 4 is 0 Å². The molecule has 1 N–H and O–H groups in total. The van der Waals surface area contributed by atoms with Gasteiger partial charge < -0.3 is 14.4 Å². The number of nitrogens with one attached hydrogen (secondary N) is 1. The van der Waals surface area contributed by atoms with Crippen LogP contribution in [0.2, 0.25) is 0 Å². The van der Waals surface area contributed by atoms with Crippen molar-refractivity contribution in [1.29, 1.82) is 0 Å². The molecule has 0 saturated carbocycles. The third-order valence-corrected chi connectivity index (χ3v) is 4.22. The summed E-state index contributed by atoms with van der Waals surface area (Å²) in [7, 11) is 0. The summed E-state index contributed by atoms with van der Waals surface area (Å²) in [5, 5.41) is 0. The maximum absolute atomic E-state index is 6.23. The van der Waals surface area contributed by atoms with Gasteiger partial charge in [-0.2, -0.15) is 0 Å². The van der Waals surface area contributed by atoms with Crippen molar-refractivity contribution in [1.82, 2.24) is 0 Å². The molecule has 1 aromatic rings. The second-order valence-corrected chi connectivity index (χ2v) is 6.54. The van der Waals surface area contributed by atoms with Gasteiger partial charge in [0.1, 0.15) is 32.0 Å². The van der Waals surface area contributed by atoms with Crippen LogP contribution in [0.4, 0.5) is 0 Å². The molecule has 21 heavy (non-hydrogen) atoms. The van der Waals surface area contributed by atoms with Crippen LogP contribution in [-0.4, -0.2) is 39.5 Å². The minimum Gasteiger partial charge on any atom is -0.487 e. The summed E-state index contributed by atoms with van der Waals surface area (Å²) in [6.45, 7) is 14.8. The van der Waals surface area contributed by atoms with Gasteiger partial charge >= 0.3 is 0 Å². The van der Waals surface area contributed by atoms with Crippen LogP contribution in [0.25, 0.3) is 0 Å². The Balaban J connectivity index is 2.02. The number of para-hydroxylation sites is 1. The van der Waals surface area contributed by atoms with Gasteiger partial charge in [-0.1, -0.05) is 45.9 Å². The van der Waals surface area contributed by atoms with Crippen LogP contribution < -0.4 is 9.64 Å². The van der Waals surface area contributed by atoms with Crippen molar-refractivity contribution in [3.05, 3.63) is 29.3 Å². The smallest absolute Gasteiger partial charge is 0.137 e.